The first-order valence-electron chi connectivity index (χ1n) is 9.87. The second-order valence-electron chi connectivity index (χ2n) is 8.53. The first kappa shape index (κ1) is 22.6. The van der Waals surface area contributed by atoms with Crippen LogP contribution < -0.4 is 14.4 Å². The lowest BCUT2D eigenvalue weighted by Crippen LogP contribution is -2.42. The summed E-state index contributed by atoms with van der Waals surface area (Å²) in [6.07, 6.45) is 0.828. The molecule has 0 atom stereocenters. The molecule has 8 heteroatoms. The number of hydrogen-bond donors (Lipinski definition) is 1. The molecule has 0 fully saturated rings. The number of benzene rings is 2. The maximum Gasteiger partial charge on any atom is 0.263 e. The van der Waals surface area contributed by atoms with Gasteiger partial charge in [0.2, 0.25) is 5.91 Å². The normalized spacial score (nSPS) is 16.1. The minimum Gasteiger partial charge on any atom is -0.490 e. The Morgan fingerprint density at radius 3 is 2.57 bits per heavy atom. The number of anilines is 2. The Hall–Kier alpha value is -2.06. The second-order valence-corrected chi connectivity index (χ2v) is 11.0. The van der Waals surface area contributed by atoms with Crippen molar-refractivity contribution in [2.24, 2.45) is 11.3 Å². The number of carbonyl (C=O) groups is 1. The Kier molecular flexibility index (Phi) is 6.48. The number of rotatable bonds is 6. The van der Waals surface area contributed by atoms with Gasteiger partial charge in [0.05, 0.1) is 16.8 Å². The van der Waals surface area contributed by atoms with Crippen LogP contribution in [0.15, 0.2) is 51.8 Å². The standard InChI is InChI=1S/C22H27BrN2O4S/c1-15(2)11-12-25-18-13-16(9-10-19(18)29-14-22(3,4)21(25)26)24-30(27,28)20-8-6-5-7-17(20)23/h5-10,13,15,24H,11-12,14H2,1-4H3. The summed E-state index contributed by atoms with van der Waals surface area (Å²) >= 11 is 3.29. The molecule has 6 nitrogen and oxygen atoms in total. The van der Waals surface area contributed by atoms with E-state index in [1.165, 1.54) is 6.07 Å². The van der Waals surface area contributed by atoms with E-state index in [2.05, 4.69) is 34.5 Å². The number of carbonyl (C=O) groups excluding carboxylic acids is 1. The molecule has 1 heterocycles. The van der Waals surface area contributed by atoms with Crippen molar-refractivity contribution in [1.29, 1.82) is 0 Å². The van der Waals surface area contributed by atoms with E-state index in [1.807, 2.05) is 13.8 Å². The van der Waals surface area contributed by atoms with Gasteiger partial charge in [0.15, 0.2) is 0 Å². The predicted molar refractivity (Wildman–Crippen MR) is 122 cm³/mol. The molecule has 0 bridgehead atoms. The molecule has 2 aromatic rings. The first-order chi connectivity index (χ1) is 14.0. The summed E-state index contributed by atoms with van der Waals surface area (Å²) in [5.41, 5.74) is 0.276. The van der Waals surface area contributed by atoms with Crippen molar-refractivity contribution in [3.63, 3.8) is 0 Å². The van der Waals surface area contributed by atoms with Gasteiger partial charge in [-0.25, -0.2) is 8.42 Å². The molecule has 162 valence electrons. The molecule has 0 saturated heterocycles. The van der Waals surface area contributed by atoms with Crippen molar-refractivity contribution in [3.8, 4) is 5.75 Å². The van der Waals surface area contributed by atoms with E-state index in [-0.39, 0.29) is 17.4 Å². The molecule has 1 aliphatic rings. The van der Waals surface area contributed by atoms with Gasteiger partial charge in [0, 0.05) is 11.0 Å². The summed E-state index contributed by atoms with van der Waals surface area (Å²) < 4.78 is 34.7. The number of halogens is 1. The lowest BCUT2D eigenvalue weighted by atomic mass is 9.92. The summed E-state index contributed by atoms with van der Waals surface area (Å²) in [5.74, 6) is 0.958. The SMILES string of the molecule is CC(C)CCN1C(=O)C(C)(C)COc2ccc(NS(=O)(=O)c3ccccc3Br)cc21. The van der Waals surface area contributed by atoms with Gasteiger partial charge in [-0.3, -0.25) is 9.52 Å². The summed E-state index contributed by atoms with van der Waals surface area (Å²) in [6.45, 7) is 8.73. The summed E-state index contributed by atoms with van der Waals surface area (Å²) in [4.78, 5) is 15.1. The minimum atomic E-state index is -3.80. The molecule has 0 radical (unpaired) electrons. The van der Waals surface area contributed by atoms with Crippen LogP contribution >= 0.6 is 15.9 Å². The first-order valence-corrected chi connectivity index (χ1v) is 12.1. The average molecular weight is 495 g/mol. The summed E-state index contributed by atoms with van der Waals surface area (Å²) in [7, 11) is -3.80. The van der Waals surface area contributed by atoms with Crippen LogP contribution in [0.5, 0.6) is 5.75 Å². The lowest BCUT2D eigenvalue weighted by molar-refractivity contribution is -0.127. The van der Waals surface area contributed by atoms with Gasteiger partial charge in [-0.2, -0.15) is 0 Å². The fourth-order valence-electron chi connectivity index (χ4n) is 3.19. The molecular weight excluding hydrogens is 468 g/mol. The van der Waals surface area contributed by atoms with Gasteiger partial charge < -0.3 is 9.64 Å². The highest BCUT2D eigenvalue weighted by Crippen LogP contribution is 2.39. The molecule has 30 heavy (non-hydrogen) atoms. The van der Waals surface area contributed by atoms with Gasteiger partial charge in [0.25, 0.3) is 10.0 Å². The monoisotopic (exact) mass is 494 g/mol. The van der Waals surface area contributed by atoms with Crippen molar-refractivity contribution in [2.45, 2.75) is 39.0 Å². The van der Waals surface area contributed by atoms with E-state index in [4.69, 9.17) is 4.74 Å². The third-order valence-electron chi connectivity index (χ3n) is 4.97. The Balaban J connectivity index is 1.99. The molecule has 0 saturated carbocycles. The number of nitrogens with zero attached hydrogens (tertiary/aromatic N) is 1. The molecule has 1 N–H and O–H groups in total. The van der Waals surface area contributed by atoms with Crippen LogP contribution in [0.2, 0.25) is 0 Å². The van der Waals surface area contributed by atoms with E-state index in [0.717, 1.165) is 6.42 Å². The summed E-state index contributed by atoms with van der Waals surface area (Å²) in [5, 5.41) is 0. The molecular formula is C22H27BrN2O4S. The molecule has 0 unspecified atom stereocenters. The maximum absolute atomic E-state index is 13.2. The van der Waals surface area contributed by atoms with Crippen LogP contribution in [0.4, 0.5) is 11.4 Å². The van der Waals surface area contributed by atoms with Gasteiger partial charge in [0.1, 0.15) is 17.3 Å². The number of amides is 1. The van der Waals surface area contributed by atoms with Gasteiger partial charge in [-0.15, -0.1) is 0 Å². The average Bonchev–Trinajstić information content (AvgIpc) is 2.75. The predicted octanol–water partition coefficient (Wildman–Crippen LogP) is 5.05. The van der Waals surface area contributed by atoms with Crippen molar-refractivity contribution < 1.29 is 17.9 Å². The van der Waals surface area contributed by atoms with Crippen LogP contribution in [-0.2, 0) is 14.8 Å². The van der Waals surface area contributed by atoms with Gasteiger partial charge in [-0.05, 0) is 72.4 Å². The largest absolute Gasteiger partial charge is 0.490 e. The van der Waals surface area contributed by atoms with Crippen molar-refractivity contribution in [1.82, 2.24) is 0 Å². The molecule has 0 spiro atoms. The lowest BCUT2D eigenvalue weighted by Gasteiger charge is -2.28. The van der Waals surface area contributed by atoms with E-state index < -0.39 is 15.4 Å². The maximum atomic E-state index is 13.2. The third kappa shape index (κ3) is 4.81. The Morgan fingerprint density at radius 1 is 1.20 bits per heavy atom. The van der Waals surface area contributed by atoms with Crippen LogP contribution in [-0.4, -0.2) is 27.5 Å². The number of nitrogens with one attached hydrogen (secondary N) is 1. The van der Waals surface area contributed by atoms with Crippen LogP contribution in [0.25, 0.3) is 0 Å². The fourth-order valence-corrected chi connectivity index (χ4v) is 5.24. The quantitative estimate of drug-likeness (QED) is 0.609. The zero-order chi connectivity index (χ0) is 22.1. The zero-order valence-electron chi connectivity index (χ0n) is 17.6. The molecule has 0 aromatic heterocycles. The molecule has 0 aliphatic carbocycles. The van der Waals surface area contributed by atoms with Crippen molar-refractivity contribution >= 4 is 43.2 Å². The fraction of sp³-hybridized carbons (Fsp3) is 0.409. The highest BCUT2D eigenvalue weighted by Gasteiger charge is 2.37. The smallest absolute Gasteiger partial charge is 0.263 e. The molecule has 2 aromatic carbocycles. The van der Waals surface area contributed by atoms with Crippen LogP contribution in [0, 0.1) is 11.3 Å². The highest BCUT2D eigenvalue weighted by atomic mass is 79.9. The van der Waals surface area contributed by atoms with E-state index in [1.54, 1.807) is 41.3 Å². The topological polar surface area (TPSA) is 75.7 Å². The number of fused-ring (bicyclic) bond motifs is 1. The highest BCUT2D eigenvalue weighted by molar-refractivity contribution is 9.10. The van der Waals surface area contributed by atoms with Gasteiger partial charge >= 0.3 is 0 Å². The summed E-state index contributed by atoms with van der Waals surface area (Å²) in [6, 6.07) is 11.7. The molecule has 3 rings (SSSR count). The number of ether oxygens (including phenoxy) is 1. The number of hydrogen-bond acceptors (Lipinski definition) is 4. The van der Waals surface area contributed by atoms with Crippen LogP contribution in [0.3, 0.4) is 0 Å². The van der Waals surface area contributed by atoms with E-state index >= 15 is 0 Å². The van der Waals surface area contributed by atoms with E-state index in [0.29, 0.717) is 34.1 Å². The molecule has 1 aliphatic heterocycles. The van der Waals surface area contributed by atoms with E-state index in [9.17, 15) is 13.2 Å². The Labute approximate surface area is 186 Å². The minimum absolute atomic E-state index is 0.0345. The van der Waals surface area contributed by atoms with Gasteiger partial charge in [-0.1, -0.05) is 26.0 Å². The number of sulfonamides is 1. The van der Waals surface area contributed by atoms with Crippen molar-refractivity contribution in [2.75, 3.05) is 22.8 Å². The Bertz CT molecular complexity index is 1050. The second kappa shape index (κ2) is 8.59. The Morgan fingerprint density at radius 2 is 1.90 bits per heavy atom. The zero-order valence-corrected chi connectivity index (χ0v) is 20.0. The van der Waals surface area contributed by atoms with Crippen LogP contribution in [0.1, 0.15) is 34.1 Å². The molecule has 1 amide bonds. The third-order valence-corrected chi connectivity index (χ3v) is 7.36. The van der Waals surface area contributed by atoms with Crippen molar-refractivity contribution in [3.05, 3.63) is 46.9 Å².